The second-order valence-corrected chi connectivity index (χ2v) is 5.61. The van der Waals surface area contributed by atoms with Gasteiger partial charge in [0.25, 0.3) is 5.91 Å². The molecule has 0 unspecified atom stereocenters. The second-order valence-electron chi connectivity index (χ2n) is 4.75. The van der Waals surface area contributed by atoms with Crippen molar-refractivity contribution in [1.82, 2.24) is 19.6 Å². The molecule has 6 nitrogen and oxygen atoms in total. The molecular formula is C13H11N5OS. The molecule has 1 aliphatic carbocycles. The Morgan fingerprint density at radius 3 is 3.15 bits per heavy atom. The van der Waals surface area contributed by atoms with E-state index in [-0.39, 0.29) is 5.91 Å². The minimum Gasteiger partial charge on any atom is -0.296 e. The van der Waals surface area contributed by atoms with E-state index in [0.717, 1.165) is 5.69 Å². The highest BCUT2D eigenvalue weighted by Crippen LogP contribution is 2.40. The van der Waals surface area contributed by atoms with Gasteiger partial charge in [0.05, 0.1) is 5.69 Å². The van der Waals surface area contributed by atoms with Gasteiger partial charge >= 0.3 is 0 Å². The van der Waals surface area contributed by atoms with Crippen LogP contribution in [0.5, 0.6) is 0 Å². The van der Waals surface area contributed by atoms with E-state index in [4.69, 9.17) is 0 Å². The van der Waals surface area contributed by atoms with Crippen LogP contribution in [0.1, 0.15) is 34.9 Å². The summed E-state index contributed by atoms with van der Waals surface area (Å²) in [7, 11) is 0. The van der Waals surface area contributed by atoms with Gasteiger partial charge in [0.15, 0.2) is 10.8 Å². The predicted octanol–water partition coefficient (Wildman–Crippen LogP) is 2.32. The zero-order chi connectivity index (χ0) is 13.5. The van der Waals surface area contributed by atoms with E-state index in [1.165, 1.54) is 24.2 Å². The van der Waals surface area contributed by atoms with Crippen LogP contribution < -0.4 is 5.32 Å². The fraction of sp³-hybridized carbons (Fsp3) is 0.231. The highest BCUT2D eigenvalue weighted by molar-refractivity contribution is 7.14. The maximum atomic E-state index is 12.1. The number of rotatable bonds is 3. The lowest BCUT2D eigenvalue weighted by Gasteiger charge is -2.01. The Hall–Kier alpha value is -2.28. The second kappa shape index (κ2) is 4.38. The summed E-state index contributed by atoms with van der Waals surface area (Å²) in [6.45, 7) is 0. The van der Waals surface area contributed by atoms with Crippen LogP contribution in [-0.2, 0) is 0 Å². The van der Waals surface area contributed by atoms with Crippen molar-refractivity contribution in [1.29, 1.82) is 0 Å². The molecule has 0 radical (unpaired) electrons. The highest BCUT2D eigenvalue weighted by Gasteiger charge is 2.26. The van der Waals surface area contributed by atoms with Crippen LogP contribution in [0.2, 0.25) is 0 Å². The van der Waals surface area contributed by atoms with Crippen molar-refractivity contribution in [3.05, 3.63) is 41.3 Å². The molecule has 20 heavy (non-hydrogen) atoms. The summed E-state index contributed by atoms with van der Waals surface area (Å²) in [6, 6.07) is 3.42. The largest absolute Gasteiger partial charge is 0.296 e. The van der Waals surface area contributed by atoms with Gasteiger partial charge in [-0.15, -0.1) is 11.3 Å². The van der Waals surface area contributed by atoms with E-state index in [1.807, 2.05) is 5.38 Å². The summed E-state index contributed by atoms with van der Waals surface area (Å²) in [6.07, 6.45) is 5.76. The number of fused-ring (bicyclic) bond motifs is 1. The van der Waals surface area contributed by atoms with Crippen molar-refractivity contribution in [2.24, 2.45) is 0 Å². The van der Waals surface area contributed by atoms with Crippen molar-refractivity contribution >= 4 is 28.0 Å². The number of aromatic nitrogens is 4. The van der Waals surface area contributed by atoms with E-state index < -0.39 is 0 Å². The molecule has 1 aliphatic rings. The molecule has 1 N–H and O–H groups in total. The Balaban J connectivity index is 1.55. The van der Waals surface area contributed by atoms with Gasteiger partial charge in [-0.1, -0.05) is 0 Å². The summed E-state index contributed by atoms with van der Waals surface area (Å²) in [5.41, 5.74) is 2.15. The first-order valence-corrected chi connectivity index (χ1v) is 7.25. The Labute approximate surface area is 118 Å². The van der Waals surface area contributed by atoms with Crippen LogP contribution in [0.4, 0.5) is 5.13 Å². The number of hydrogen-bond donors (Lipinski definition) is 1. The predicted molar refractivity (Wildman–Crippen MR) is 75.0 cm³/mol. The third-order valence-corrected chi connectivity index (χ3v) is 4.00. The lowest BCUT2D eigenvalue weighted by molar-refractivity contribution is 0.102. The van der Waals surface area contributed by atoms with Crippen molar-refractivity contribution < 1.29 is 4.79 Å². The zero-order valence-corrected chi connectivity index (χ0v) is 11.3. The Morgan fingerprint density at radius 2 is 2.30 bits per heavy atom. The standard InChI is InChI=1S/C13H11N5OS/c19-12(9-3-4-11-14-5-6-18(11)17-9)16-13-15-10(7-20-13)8-1-2-8/h3-8H,1-2H2,(H,15,16,19). The van der Waals surface area contributed by atoms with Gasteiger partial charge in [0.1, 0.15) is 5.69 Å². The van der Waals surface area contributed by atoms with Gasteiger partial charge in [0, 0.05) is 23.7 Å². The number of carbonyl (C=O) groups excluding carboxylic acids is 1. The molecule has 0 aromatic carbocycles. The Kier molecular flexibility index (Phi) is 2.53. The molecule has 3 aromatic rings. The summed E-state index contributed by atoms with van der Waals surface area (Å²) in [5.74, 6) is 0.342. The monoisotopic (exact) mass is 285 g/mol. The molecule has 0 atom stereocenters. The van der Waals surface area contributed by atoms with Crippen LogP contribution in [-0.4, -0.2) is 25.5 Å². The molecule has 4 rings (SSSR count). The molecule has 3 aromatic heterocycles. The quantitative estimate of drug-likeness (QED) is 0.801. The van der Waals surface area contributed by atoms with E-state index in [1.54, 1.807) is 29.0 Å². The van der Waals surface area contributed by atoms with Gasteiger partial charge in [-0.3, -0.25) is 10.1 Å². The molecule has 0 bridgehead atoms. The van der Waals surface area contributed by atoms with Crippen LogP contribution in [0.3, 0.4) is 0 Å². The maximum Gasteiger partial charge on any atom is 0.277 e. The van der Waals surface area contributed by atoms with Crippen LogP contribution in [0.25, 0.3) is 5.65 Å². The number of anilines is 1. The number of hydrogen-bond acceptors (Lipinski definition) is 5. The fourth-order valence-electron chi connectivity index (χ4n) is 2.01. The van der Waals surface area contributed by atoms with Crippen molar-refractivity contribution in [2.45, 2.75) is 18.8 Å². The van der Waals surface area contributed by atoms with Gasteiger partial charge in [-0.2, -0.15) is 5.10 Å². The SMILES string of the molecule is O=C(Nc1nc(C2CC2)cs1)c1ccc2nccn2n1. The molecule has 1 amide bonds. The van der Waals surface area contributed by atoms with Crippen LogP contribution in [0.15, 0.2) is 29.9 Å². The summed E-state index contributed by atoms with van der Waals surface area (Å²) in [5, 5.41) is 9.64. The first-order valence-electron chi connectivity index (χ1n) is 6.37. The summed E-state index contributed by atoms with van der Waals surface area (Å²) in [4.78, 5) is 20.7. The van der Waals surface area contributed by atoms with Gasteiger partial charge in [0.2, 0.25) is 0 Å². The van der Waals surface area contributed by atoms with E-state index in [9.17, 15) is 4.79 Å². The lowest BCUT2D eigenvalue weighted by Crippen LogP contribution is -2.15. The average molecular weight is 285 g/mol. The van der Waals surface area contributed by atoms with Gasteiger partial charge in [-0.05, 0) is 25.0 Å². The molecule has 0 saturated heterocycles. The summed E-state index contributed by atoms with van der Waals surface area (Å²) < 4.78 is 1.58. The number of thiazole rings is 1. The molecular weight excluding hydrogens is 274 g/mol. The topological polar surface area (TPSA) is 72.2 Å². The molecule has 7 heteroatoms. The minimum absolute atomic E-state index is 0.253. The van der Waals surface area contributed by atoms with Gasteiger partial charge < -0.3 is 0 Å². The summed E-state index contributed by atoms with van der Waals surface area (Å²) >= 11 is 1.46. The zero-order valence-electron chi connectivity index (χ0n) is 10.5. The lowest BCUT2D eigenvalue weighted by atomic mass is 10.3. The first kappa shape index (κ1) is 11.5. The number of nitrogens with one attached hydrogen (secondary N) is 1. The minimum atomic E-state index is -0.253. The first-order chi connectivity index (χ1) is 9.79. The number of nitrogens with zero attached hydrogens (tertiary/aromatic N) is 4. The smallest absolute Gasteiger partial charge is 0.277 e. The third-order valence-electron chi connectivity index (χ3n) is 3.23. The molecule has 3 heterocycles. The van der Waals surface area contributed by atoms with Gasteiger partial charge in [-0.25, -0.2) is 14.5 Å². The number of carbonyl (C=O) groups is 1. The van der Waals surface area contributed by atoms with E-state index in [0.29, 0.717) is 22.4 Å². The third kappa shape index (κ3) is 2.05. The number of imidazole rings is 1. The van der Waals surface area contributed by atoms with Crippen LogP contribution >= 0.6 is 11.3 Å². The average Bonchev–Trinajstić information content (AvgIpc) is 3.02. The molecule has 1 fully saturated rings. The van der Waals surface area contributed by atoms with Crippen molar-refractivity contribution in [3.8, 4) is 0 Å². The molecule has 100 valence electrons. The van der Waals surface area contributed by atoms with E-state index >= 15 is 0 Å². The van der Waals surface area contributed by atoms with Crippen LogP contribution in [0, 0.1) is 0 Å². The number of amides is 1. The van der Waals surface area contributed by atoms with E-state index in [2.05, 4.69) is 20.4 Å². The normalized spacial score (nSPS) is 14.6. The molecule has 0 aliphatic heterocycles. The highest BCUT2D eigenvalue weighted by atomic mass is 32.1. The molecule has 0 spiro atoms. The Bertz CT molecular complexity index is 789. The molecule has 1 saturated carbocycles. The van der Waals surface area contributed by atoms with Crippen molar-refractivity contribution in [2.75, 3.05) is 5.32 Å². The fourth-order valence-corrected chi connectivity index (χ4v) is 2.79. The Morgan fingerprint density at radius 1 is 1.40 bits per heavy atom. The van der Waals surface area contributed by atoms with Crippen molar-refractivity contribution in [3.63, 3.8) is 0 Å². The maximum absolute atomic E-state index is 12.1.